The first-order chi connectivity index (χ1) is 12.1. The predicted molar refractivity (Wildman–Crippen MR) is 98.8 cm³/mol. The van der Waals surface area contributed by atoms with Gasteiger partial charge < -0.3 is 16.4 Å². The van der Waals surface area contributed by atoms with E-state index in [0.29, 0.717) is 6.54 Å². The summed E-state index contributed by atoms with van der Waals surface area (Å²) < 4.78 is 0. The van der Waals surface area contributed by atoms with Crippen LogP contribution in [0.5, 0.6) is 0 Å². The number of hydrogen-bond donors (Lipinski definition) is 3. The van der Waals surface area contributed by atoms with E-state index >= 15 is 0 Å². The van der Waals surface area contributed by atoms with Gasteiger partial charge in [-0.05, 0) is 49.8 Å². The Morgan fingerprint density at radius 2 is 1.76 bits per heavy atom. The first kappa shape index (κ1) is 17.9. The Hall–Kier alpha value is -1.88. The van der Waals surface area contributed by atoms with Crippen molar-refractivity contribution in [2.75, 3.05) is 5.32 Å². The molecule has 2 amide bonds. The largest absolute Gasteiger partial charge is 0.352 e. The minimum atomic E-state index is 0.0361. The Kier molecular flexibility index (Phi) is 6.08. The van der Waals surface area contributed by atoms with E-state index in [1.165, 1.54) is 0 Å². The van der Waals surface area contributed by atoms with Crippen molar-refractivity contribution < 1.29 is 9.59 Å². The fraction of sp³-hybridized carbons (Fsp3) is 0.600. The van der Waals surface area contributed by atoms with Crippen LogP contribution in [0.15, 0.2) is 24.3 Å². The lowest BCUT2D eigenvalue weighted by molar-refractivity contribution is -0.126. The van der Waals surface area contributed by atoms with Gasteiger partial charge in [0.1, 0.15) is 0 Å². The lowest BCUT2D eigenvalue weighted by atomic mass is 9.85. The first-order valence-corrected chi connectivity index (χ1v) is 9.55. The van der Waals surface area contributed by atoms with Crippen LogP contribution >= 0.6 is 0 Å². The second-order valence-corrected chi connectivity index (χ2v) is 7.51. The van der Waals surface area contributed by atoms with Gasteiger partial charge in [-0.25, -0.2) is 0 Å². The molecule has 2 fully saturated rings. The van der Waals surface area contributed by atoms with Gasteiger partial charge in [0.2, 0.25) is 11.8 Å². The number of carbonyl (C=O) groups excluding carboxylic acids is 2. The van der Waals surface area contributed by atoms with Crippen molar-refractivity contribution in [3.63, 3.8) is 0 Å². The van der Waals surface area contributed by atoms with E-state index in [2.05, 4.69) is 10.6 Å². The lowest BCUT2D eigenvalue weighted by Crippen LogP contribution is -2.37. The van der Waals surface area contributed by atoms with Crippen molar-refractivity contribution in [1.29, 1.82) is 0 Å². The molecule has 2 unspecified atom stereocenters. The minimum absolute atomic E-state index is 0.0361. The predicted octanol–water partition coefficient (Wildman–Crippen LogP) is 2.95. The smallest absolute Gasteiger partial charge is 0.227 e. The van der Waals surface area contributed by atoms with Crippen LogP contribution in [-0.2, 0) is 16.1 Å². The zero-order valence-corrected chi connectivity index (χ0v) is 14.8. The van der Waals surface area contributed by atoms with Crippen LogP contribution in [0.25, 0.3) is 0 Å². The molecule has 0 heterocycles. The summed E-state index contributed by atoms with van der Waals surface area (Å²) in [4.78, 5) is 24.6. The standard InChI is InChI=1S/C20H29N3O2/c21-17-9-4-8-16(12-17)19(24)22-13-14-5-3-10-18(11-14)23-20(25)15-6-1-2-7-15/h3,5,10-11,15-17H,1-2,4,6-9,12-13,21H2,(H,22,24)(H,23,25). The van der Waals surface area contributed by atoms with Gasteiger partial charge in [-0.3, -0.25) is 9.59 Å². The van der Waals surface area contributed by atoms with Crippen LogP contribution < -0.4 is 16.4 Å². The fourth-order valence-corrected chi connectivity index (χ4v) is 3.99. The third-order valence-corrected chi connectivity index (χ3v) is 5.47. The molecule has 0 aliphatic heterocycles. The number of anilines is 1. The highest BCUT2D eigenvalue weighted by Gasteiger charge is 2.25. The van der Waals surface area contributed by atoms with E-state index in [1.54, 1.807) is 0 Å². The van der Waals surface area contributed by atoms with Crippen LogP contribution in [0.4, 0.5) is 5.69 Å². The summed E-state index contributed by atoms with van der Waals surface area (Å²) in [6.07, 6.45) is 8.04. The van der Waals surface area contributed by atoms with Gasteiger partial charge in [0.15, 0.2) is 0 Å². The van der Waals surface area contributed by atoms with Gasteiger partial charge in [0, 0.05) is 30.1 Å². The first-order valence-electron chi connectivity index (χ1n) is 9.55. The third kappa shape index (κ3) is 5.05. The number of nitrogens with one attached hydrogen (secondary N) is 2. The van der Waals surface area contributed by atoms with Crippen molar-refractivity contribution in [2.45, 2.75) is 64.0 Å². The molecule has 2 aliphatic rings. The van der Waals surface area contributed by atoms with Crippen molar-refractivity contribution in [2.24, 2.45) is 17.6 Å². The summed E-state index contributed by atoms with van der Waals surface area (Å²) in [7, 11) is 0. The average Bonchev–Trinajstić information content (AvgIpc) is 3.15. The topological polar surface area (TPSA) is 84.2 Å². The van der Waals surface area contributed by atoms with E-state index < -0.39 is 0 Å². The molecule has 0 spiro atoms. The number of carbonyl (C=O) groups is 2. The molecule has 1 aromatic rings. The van der Waals surface area contributed by atoms with Gasteiger partial charge in [-0.15, -0.1) is 0 Å². The van der Waals surface area contributed by atoms with E-state index in [-0.39, 0.29) is 29.7 Å². The van der Waals surface area contributed by atoms with Crippen LogP contribution in [0.3, 0.4) is 0 Å². The van der Waals surface area contributed by atoms with E-state index in [4.69, 9.17) is 5.73 Å². The summed E-state index contributed by atoms with van der Waals surface area (Å²) in [6.45, 7) is 0.484. The van der Waals surface area contributed by atoms with Crippen molar-refractivity contribution >= 4 is 17.5 Å². The highest BCUT2D eigenvalue weighted by atomic mass is 16.2. The fourth-order valence-electron chi connectivity index (χ4n) is 3.99. The maximum absolute atomic E-state index is 12.3. The normalized spacial score (nSPS) is 24.0. The Morgan fingerprint density at radius 3 is 2.52 bits per heavy atom. The van der Waals surface area contributed by atoms with Gasteiger partial charge in [0.05, 0.1) is 0 Å². The van der Waals surface area contributed by atoms with Crippen molar-refractivity contribution in [3.8, 4) is 0 Å². The van der Waals surface area contributed by atoms with Crippen LogP contribution in [-0.4, -0.2) is 17.9 Å². The molecule has 136 valence electrons. The Bertz CT molecular complexity index is 611. The maximum Gasteiger partial charge on any atom is 0.227 e. The summed E-state index contributed by atoms with van der Waals surface area (Å²) >= 11 is 0. The second kappa shape index (κ2) is 8.48. The van der Waals surface area contributed by atoms with Crippen molar-refractivity contribution in [3.05, 3.63) is 29.8 Å². The minimum Gasteiger partial charge on any atom is -0.352 e. The van der Waals surface area contributed by atoms with Gasteiger partial charge in [-0.2, -0.15) is 0 Å². The molecular weight excluding hydrogens is 314 g/mol. The summed E-state index contributed by atoms with van der Waals surface area (Å²) in [5.74, 6) is 0.401. The molecule has 4 N–H and O–H groups in total. The molecule has 0 aromatic heterocycles. The van der Waals surface area contributed by atoms with Crippen LogP contribution in [0.1, 0.15) is 56.9 Å². The highest BCUT2D eigenvalue weighted by Crippen LogP contribution is 2.26. The second-order valence-electron chi connectivity index (χ2n) is 7.51. The number of rotatable bonds is 5. The molecular formula is C20H29N3O2. The average molecular weight is 343 g/mol. The zero-order valence-electron chi connectivity index (χ0n) is 14.8. The third-order valence-electron chi connectivity index (χ3n) is 5.47. The number of benzene rings is 1. The molecule has 2 saturated carbocycles. The summed E-state index contributed by atoms with van der Waals surface area (Å²) in [5, 5.41) is 6.03. The molecule has 25 heavy (non-hydrogen) atoms. The molecule has 1 aromatic carbocycles. The summed E-state index contributed by atoms with van der Waals surface area (Å²) in [6, 6.07) is 7.89. The molecule has 2 atom stereocenters. The molecule has 5 nitrogen and oxygen atoms in total. The zero-order chi connectivity index (χ0) is 17.6. The van der Waals surface area contributed by atoms with Crippen LogP contribution in [0.2, 0.25) is 0 Å². The maximum atomic E-state index is 12.3. The monoisotopic (exact) mass is 343 g/mol. The molecule has 2 aliphatic carbocycles. The Labute approximate surface area is 149 Å². The van der Waals surface area contributed by atoms with E-state index in [9.17, 15) is 9.59 Å². The molecule has 0 saturated heterocycles. The lowest BCUT2D eigenvalue weighted by Gasteiger charge is -2.25. The quantitative estimate of drug-likeness (QED) is 0.768. The van der Waals surface area contributed by atoms with Crippen LogP contribution in [0, 0.1) is 11.8 Å². The highest BCUT2D eigenvalue weighted by molar-refractivity contribution is 5.92. The van der Waals surface area contributed by atoms with Crippen molar-refractivity contribution in [1.82, 2.24) is 5.32 Å². The molecule has 0 bridgehead atoms. The summed E-state index contributed by atoms with van der Waals surface area (Å²) in [5.41, 5.74) is 7.77. The number of hydrogen-bond acceptors (Lipinski definition) is 3. The number of nitrogens with two attached hydrogens (primary N) is 1. The van der Waals surface area contributed by atoms with Gasteiger partial charge in [0.25, 0.3) is 0 Å². The van der Waals surface area contributed by atoms with E-state index in [0.717, 1.165) is 62.6 Å². The van der Waals surface area contributed by atoms with Gasteiger partial charge in [-0.1, -0.05) is 31.4 Å². The molecule has 0 radical (unpaired) electrons. The SMILES string of the molecule is NC1CCCC(C(=O)NCc2cccc(NC(=O)C3CCCC3)c2)C1. The molecule has 5 heteroatoms. The van der Waals surface area contributed by atoms with E-state index in [1.807, 2.05) is 24.3 Å². The molecule has 3 rings (SSSR count). The van der Waals surface area contributed by atoms with Gasteiger partial charge >= 0.3 is 0 Å². The Morgan fingerprint density at radius 1 is 1.00 bits per heavy atom. The number of amides is 2. The Balaban J connectivity index is 1.51.